The number of pyridine rings is 2. The van der Waals surface area contributed by atoms with Crippen LogP contribution < -0.4 is 5.32 Å². The van der Waals surface area contributed by atoms with Gasteiger partial charge in [-0.05, 0) is 61.4 Å². The molecule has 146 valence electrons. The molecule has 7 heteroatoms. The maximum atomic E-state index is 13.7. The van der Waals surface area contributed by atoms with Crippen molar-refractivity contribution in [3.63, 3.8) is 0 Å². The molecule has 5 rings (SSSR count). The summed E-state index contributed by atoms with van der Waals surface area (Å²) in [4.78, 5) is 21.4. The number of hydrogen-bond donors (Lipinski definition) is 2. The Labute approximate surface area is 166 Å². The van der Waals surface area contributed by atoms with E-state index in [1.165, 1.54) is 0 Å². The molecule has 0 amide bonds. The average molecular weight is 389 g/mol. The third-order valence-corrected chi connectivity index (χ3v) is 5.51. The summed E-state index contributed by atoms with van der Waals surface area (Å²) in [5.74, 6) is 0.722. The number of nitrogens with one attached hydrogen (secondary N) is 2. The number of aromatic amines is 1. The molecule has 0 bridgehead atoms. The lowest BCUT2D eigenvalue weighted by molar-refractivity contribution is 0.0221. The number of aromatic nitrogens is 4. The number of fused-ring (bicyclic) bond motifs is 2. The van der Waals surface area contributed by atoms with Gasteiger partial charge in [0.15, 0.2) is 11.6 Å². The predicted octanol–water partition coefficient (Wildman–Crippen LogP) is 4.96. The van der Waals surface area contributed by atoms with E-state index in [1.54, 1.807) is 19.3 Å². The van der Waals surface area contributed by atoms with Crippen LogP contribution in [0.15, 0.2) is 48.8 Å². The van der Waals surface area contributed by atoms with Gasteiger partial charge < -0.3 is 5.32 Å². The first-order valence-electron chi connectivity index (χ1n) is 9.65. The van der Waals surface area contributed by atoms with E-state index in [-0.39, 0.29) is 11.7 Å². The summed E-state index contributed by atoms with van der Waals surface area (Å²) in [6, 6.07) is 11.4. The Hall–Kier alpha value is -3.35. The van der Waals surface area contributed by atoms with Crippen molar-refractivity contribution >= 4 is 39.1 Å². The first-order chi connectivity index (χ1) is 14.0. The lowest BCUT2D eigenvalue weighted by Crippen LogP contribution is -2.37. The second-order valence-corrected chi connectivity index (χ2v) is 8.01. The molecule has 0 unspecified atom stereocenters. The molecule has 3 heterocycles. The molecule has 1 fully saturated rings. The number of ketones is 1. The Morgan fingerprint density at radius 1 is 1.24 bits per heavy atom. The Balaban J connectivity index is 1.40. The van der Waals surface area contributed by atoms with Crippen LogP contribution in [0.4, 0.5) is 15.9 Å². The summed E-state index contributed by atoms with van der Waals surface area (Å²) in [6.07, 6.45) is 4.61. The van der Waals surface area contributed by atoms with Crippen LogP contribution in [0, 0.1) is 5.92 Å². The molecule has 2 N–H and O–H groups in total. The fourth-order valence-corrected chi connectivity index (χ4v) is 4.20. The summed E-state index contributed by atoms with van der Waals surface area (Å²) in [6.45, 7) is 1.59. The van der Waals surface area contributed by atoms with E-state index in [0.717, 1.165) is 27.5 Å². The number of anilines is 2. The highest BCUT2D eigenvalue weighted by Crippen LogP contribution is 2.43. The molecule has 1 aliphatic rings. The minimum absolute atomic E-state index is 0.0284. The van der Waals surface area contributed by atoms with E-state index in [1.807, 2.05) is 36.4 Å². The van der Waals surface area contributed by atoms with Gasteiger partial charge in [0.2, 0.25) is 0 Å². The number of halogens is 1. The highest BCUT2D eigenvalue weighted by molar-refractivity contribution is 6.07. The van der Waals surface area contributed by atoms with Crippen LogP contribution in [0.5, 0.6) is 0 Å². The third-order valence-electron chi connectivity index (χ3n) is 5.51. The number of alkyl halides is 1. The van der Waals surface area contributed by atoms with Gasteiger partial charge in [0, 0.05) is 29.9 Å². The topological polar surface area (TPSA) is 83.6 Å². The molecule has 0 aliphatic heterocycles. The van der Waals surface area contributed by atoms with Crippen LogP contribution in [0.1, 0.15) is 36.7 Å². The second-order valence-electron chi connectivity index (χ2n) is 8.01. The normalized spacial score (nSPS) is 21.2. The van der Waals surface area contributed by atoms with E-state index in [9.17, 15) is 9.18 Å². The van der Waals surface area contributed by atoms with Crippen LogP contribution in [-0.4, -0.2) is 31.6 Å². The molecule has 6 nitrogen and oxygen atoms in total. The molecule has 29 heavy (non-hydrogen) atoms. The molecule has 0 saturated heterocycles. The van der Waals surface area contributed by atoms with Crippen LogP contribution in [-0.2, 0) is 0 Å². The first kappa shape index (κ1) is 17.7. The molecule has 0 spiro atoms. The molecule has 0 radical (unpaired) electrons. The SMILES string of the molecule is CC1(F)CC(CC(=O)c2nccc3cc(Nc4n[nH]c5cccnc45)ccc23)C1. The summed E-state index contributed by atoms with van der Waals surface area (Å²) >= 11 is 0. The Morgan fingerprint density at radius 2 is 2.10 bits per heavy atom. The zero-order valence-electron chi connectivity index (χ0n) is 15.9. The number of carbonyl (C=O) groups excluding carboxylic acids is 1. The molecular weight excluding hydrogens is 369 g/mol. The van der Waals surface area contributed by atoms with E-state index < -0.39 is 5.67 Å². The van der Waals surface area contributed by atoms with E-state index >= 15 is 0 Å². The number of H-pyrrole nitrogens is 1. The monoisotopic (exact) mass is 389 g/mol. The van der Waals surface area contributed by atoms with Gasteiger partial charge >= 0.3 is 0 Å². The minimum atomic E-state index is -1.12. The van der Waals surface area contributed by atoms with Gasteiger partial charge in [-0.3, -0.25) is 19.9 Å². The largest absolute Gasteiger partial charge is 0.337 e. The van der Waals surface area contributed by atoms with Gasteiger partial charge in [-0.15, -0.1) is 0 Å². The van der Waals surface area contributed by atoms with Crippen molar-refractivity contribution in [1.29, 1.82) is 0 Å². The third kappa shape index (κ3) is 3.33. The quantitative estimate of drug-likeness (QED) is 0.471. The van der Waals surface area contributed by atoms with Crippen LogP contribution >= 0.6 is 0 Å². The van der Waals surface area contributed by atoms with Gasteiger partial charge in [-0.25, -0.2) is 4.39 Å². The van der Waals surface area contributed by atoms with Crippen molar-refractivity contribution in [2.75, 3.05) is 5.32 Å². The highest BCUT2D eigenvalue weighted by atomic mass is 19.1. The minimum Gasteiger partial charge on any atom is -0.337 e. The summed E-state index contributed by atoms with van der Waals surface area (Å²) in [5, 5.41) is 12.2. The first-order valence-corrected chi connectivity index (χ1v) is 9.65. The lowest BCUT2D eigenvalue weighted by atomic mass is 9.71. The highest BCUT2D eigenvalue weighted by Gasteiger charge is 2.41. The molecule has 1 saturated carbocycles. The van der Waals surface area contributed by atoms with Crippen LogP contribution in [0.3, 0.4) is 0 Å². The summed E-state index contributed by atoms with van der Waals surface area (Å²) in [7, 11) is 0. The maximum absolute atomic E-state index is 13.7. The fourth-order valence-electron chi connectivity index (χ4n) is 4.20. The second kappa shape index (κ2) is 6.62. The van der Waals surface area contributed by atoms with Crippen molar-refractivity contribution in [2.24, 2.45) is 5.92 Å². The summed E-state index contributed by atoms with van der Waals surface area (Å²) < 4.78 is 13.7. The fraction of sp³-hybridized carbons (Fsp3) is 0.273. The molecule has 0 atom stereocenters. The zero-order chi connectivity index (χ0) is 20.0. The number of rotatable bonds is 5. The molecule has 3 aromatic heterocycles. The number of Topliss-reactive ketones (excluding diaryl/α,β-unsaturated/α-hetero) is 1. The summed E-state index contributed by atoms with van der Waals surface area (Å²) in [5.41, 5.74) is 1.79. The molecule has 4 aromatic rings. The van der Waals surface area contributed by atoms with Crippen molar-refractivity contribution in [2.45, 2.75) is 31.9 Å². The van der Waals surface area contributed by atoms with Crippen LogP contribution in [0.25, 0.3) is 21.8 Å². The number of carbonyl (C=O) groups is 1. The lowest BCUT2D eigenvalue weighted by Gasteiger charge is -2.38. The standard InChI is InChI=1S/C22H20FN5O/c1-22(23)11-13(12-22)9-18(29)19-16-5-4-15(10-14(16)6-8-25-19)26-21-20-17(27-28-21)3-2-7-24-20/h2-8,10,13H,9,11-12H2,1H3,(H2,26,27,28). The Morgan fingerprint density at radius 3 is 2.93 bits per heavy atom. The van der Waals surface area contributed by atoms with Gasteiger partial charge in [-0.1, -0.05) is 6.07 Å². The van der Waals surface area contributed by atoms with Crippen molar-refractivity contribution in [3.05, 3.63) is 54.5 Å². The van der Waals surface area contributed by atoms with Crippen molar-refractivity contribution in [3.8, 4) is 0 Å². The van der Waals surface area contributed by atoms with Crippen molar-refractivity contribution < 1.29 is 9.18 Å². The Kier molecular flexibility index (Phi) is 4.04. The van der Waals surface area contributed by atoms with E-state index in [4.69, 9.17) is 0 Å². The number of benzene rings is 1. The van der Waals surface area contributed by atoms with Crippen LogP contribution in [0.2, 0.25) is 0 Å². The average Bonchev–Trinajstić information content (AvgIpc) is 3.09. The zero-order valence-corrected chi connectivity index (χ0v) is 15.9. The smallest absolute Gasteiger partial charge is 0.182 e. The predicted molar refractivity (Wildman–Crippen MR) is 110 cm³/mol. The number of nitrogens with zero attached hydrogens (tertiary/aromatic N) is 3. The van der Waals surface area contributed by atoms with Gasteiger partial charge in [0.25, 0.3) is 0 Å². The number of hydrogen-bond acceptors (Lipinski definition) is 5. The van der Waals surface area contributed by atoms with Gasteiger partial charge in [-0.2, -0.15) is 5.10 Å². The van der Waals surface area contributed by atoms with Gasteiger partial charge in [0.05, 0.1) is 5.52 Å². The molecule has 1 aliphatic carbocycles. The maximum Gasteiger partial charge on any atom is 0.182 e. The van der Waals surface area contributed by atoms with Crippen molar-refractivity contribution in [1.82, 2.24) is 20.2 Å². The van der Waals surface area contributed by atoms with Gasteiger partial charge in [0.1, 0.15) is 16.9 Å². The molecular formula is C22H20FN5O. The van der Waals surface area contributed by atoms with E-state index in [2.05, 4.69) is 25.5 Å². The Bertz CT molecular complexity index is 1220. The molecule has 1 aromatic carbocycles. The van der Waals surface area contributed by atoms with E-state index in [0.29, 0.717) is 30.8 Å².